The molecule has 49 heavy (non-hydrogen) atoms. The summed E-state index contributed by atoms with van der Waals surface area (Å²) in [6.07, 6.45) is -0.340. The molecule has 1 aromatic carbocycles. The molecule has 0 aliphatic carbocycles. The lowest BCUT2D eigenvalue weighted by Gasteiger charge is -2.29. The molecule has 1 aliphatic rings. The number of hydrogen-bond donors (Lipinski definition) is 9. The van der Waals surface area contributed by atoms with E-state index in [4.69, 9.17) is 22.9 Å². The van der Waals surface area contributed by atoms with E-state index in [1.807, 2.05) is 0 Å². The van der Waals surface area contributed by atoms with Gasteiger partial charge in [0.2, 0.25) is 29.5 Å². The van der Waals surface area contributed by atoms with Gasteiger partial charge in [0.15, 0.2) is 5.96 Å². The average molecular weight is 690 g/mol. The zero-order valence-electron chi connectivity index (χ0n) is 27.8. The summed E-state index contributed by atoms with van der Waals surface area (Å²) >= 11 is 0. The molecule has 2 rings (SSSR count). The van der Waals surface area contributed by atoms with Gasteiger partial charge in [-0.25, -0.2) is 0 Å². The van der Waals surface area contributed by atoms with Crippen LogP contribution >= 0.6 is 0 Å². The number of nitrogens with two attached hydrogens (primary N) is 4. The molecule has 270 valence electrons. The zero-order chi connectivity index (χ0) is 37.0. The first-order valence-electron chi connectivity index (χ1n) is 15.7. The third-order valence-corrected chi connectivity index (χ3v) is 8.06. The van der Waals surface area contributed by atoms with Gasteiger partial charge in [0.1, 0.15) is 35.7 Å². The third kappa shape index (κ3) is 12.4. The van der Waals surface area contributed by atoms with Crippen LogP contribution in [0.25, 0.3) is 0 Å². The first-order chi connectivity index (χ1) is 22.9. The molecule has 1 saturated heterocycles. The maximum Gasteiger partial charge on any atom is 0.305 e. The highest BCUT2D eigenvalue weighted by Gasteiger charge is 2.39. The summed E-state index contributed by atoms with van der Waals surface area (Å²) in [6.45, 7) is 4.60. The van der Waals surface area contributed by atoms with Gasteiger partial charge < -0.3 is 54.0 Å². The van der Waals surface area contributed by atoms with E-state index in [2.05, 4.69) is 20.9 Å². The van der Waals surface area contributed by atoms with E-state index in [9.17, 15) is 43.8 Å². The minimum Gasteiger partial charge on any atom is -0.508 e. The number of aromatic hydroxyl groups is 1. The number of guanidine groups is 1. The minimum absolute atomic E-state index is 0.00334. The summed E-state index contributed by atoms with van der Waals surface area (Å²) in [4.78, 5) is 94.2. The standard InChI is InChI=1S/C31H47N9O9/c1-15(2)25(29(48)37-21(26(33)45)11-17-6-8-19(42)9-7-17)39-27(46)22(13-24(43)44)38-28(47)23-5-4-10-40(23)30(49)20(32)12-18(16(3)41)14-36-31(34)35/h6-9,15,18,20-23,25,42H,4-5,10-14,32H2,1-3H3,(H2,33,45)(H,37,48)(H,38,47)(H,39,46)(H,43,44)(H4,34,35,36)/t18?,20-,21-,22-,23-,25-/m0/s1. The summed E-state index contributed by atoms with van der Waals surface area (Å²) < 4.78 is 0. The van der Waals surface area contributed by atoms with Gasteiger partial charge in [-0.3, -0.25) is 38.6 Å². The number of carboxylic acids is 1. The molecule has 13 N–H and O–H groups in total. The zero-order valence-corrected chi connectivity index (χ0v) is 27.8. The van der Waals surface area contributed by atoms with Crippen LogP contribution in [0.3, 0.4) is 0 Å². The van der Waals surface area contributed by atoms with Gasteiger partial charge in [-0.2, -0.15) is 0 Å². The van der Waals surface area contributed by atoms with Crippen LogP contribution < -0.4 is 38.9 Å². The first-order valence-corrected chi connectivity index (χ1v) is 15.7. The SMILES string of the molecule is CC(=O)C(CN=C(N)N)C[C@H](N)C(=O)N1CCC[C@H]1C(=O)N[C@@H](CC(=O)O)C(=O)N[C@H](C(=O)N[C@@H](Cc1ccc(O)cc1)C(N)=O)C(C)C. The van der Waals surface area contributed by atoms with Crippen LogP contribution in [0.15, 0.2) is 29.3 Å². The van der Waals surface area contributed by atoms with Crippen molar-refractivity contribution in [3.63, 3.8) is 0 Å². The molecule has 1 aliphatic heterocycles. The summed E-state index contributed by atoms with van der Waals surface area (Å²) in [6, 6.07) is -0.465. The normalized spacial score (nSPS) is 17.2. The number of rotatable bonds is 18. The number of likely N-dealkylation sites (tertiary alicyclic amines) is 1. The number of Topliss-reactive ketones (excluding diaryl/α,β-unsaturated/α-hetero) is 1. The second-order valence-electron chi connectivity index (χ2n) is 12.3. The highest BCUT2D eigenvalue weighted by molar-refractivity contribution is 5.97. The number of hydrogen-bond acceptors (Lipinski definition) is 10. The van der Waals surface area contributed by atoms with Crippen LogP contribution in [0.2, 0.25) is 0 Å². The lowest BCUT2D eigenvalue weighted by Crippen LogP contribution is -2.60. The maximum atomic E-state index is 13.4. The van der Waals surface area contributed by atoms with E-state index in [1.54, 1.807) is 26.0 Å². The predicted molar refractivity (Wildman–Crippen MR) is 176 cm³/mol. The average Bonchev–Trinajstić information content (AvgIpc) is 3.51. The number of carbonyl (C=O) groups excluding carboxylic acids is 6. The fourth-order valence-electron chi connectivity index (χ4n) is 5.30. The van der Waals surface area contributed by atoms with E-state index >= 15 is 0 Å². The van der Waals surface area contributed by atoms with Crippen molar-refractivity contribution in [1.29, 1.82) is 0 Å². The Labute approximate surface area is 283 Å². The van der Waals surface area contributed by atoms with Gasteiger partial charge in [-0.1, -0.05) is 26.0 Å². The third-order valence-electron chi connectivity index (χ3n) is 8.06. The van der Waals surface area contributed by atoms with E-state index in [0.29, 0.717) is 12.0 Å². The Balaban J connectivity index is 2.16. The van der Waals surface area contributed by atoms with Crippen molar-refractivity contribution in [2.45, 2.75) is 83.1 Å². The Bertz CT molecular complexity index is 1410. The quantitative estimate of drug-likeness (QED) is 0.0557. The Morgan fingerprint density at radius 1 is 0.959 bits per heavy atom. The van der Waals surface area contributed by atoms with Crippen molar-refractivity contribution in [3.05, 3.63) is 29.8 Å². The molecule has 1 aromatic rings. The van der Waals surface area contributed by atoms with Gasteiger partial charge >= 0.3 is 5.97 Å². The van der Waals surface area contributed by atoms with Crippen LogP contribution in [0.4, 0.5) is 0 Å². The predicted octanol–water partition coefficient (Wildman–Crippen LogP) is -2.81. The number of nitrogens with zero attached hydrogens (tertiary/aromatic N) is 2. The Kier molecular flexibility index (Phi) is 14.9. The number of aliphatic imine (C=N–C) groups is 1. The van der Waals surface area contributed by atoms with Crippen LogP contribution in [-0.4, -0.2) is 106 Å². The molecule has 18 nitrogen and oxygen atoms in total. The van der Waals surface area contributed by atoms with Crippen molar-refractivity contribution < 1.29 is 43.8 Å². The van der Waals surface area contributed by atoms with Gasteiger partial charge in [0, 0.05) is 18.9 Å². The van der Waals surface area contributed by atoms with Crippen molar-refractivity contribution in [2.24, 2.45) is 39.8 Å². The summed E-state index contributed by atoms with van der Waals surface area (Å²) in [7, 11) is 0. The van der Waals surface area contributed by atoms with Crippen molar-refractivity contribution in [1.82, 2.24) is 20.9 Å². The monoisotopic (exact) mass is 689 g/mol. The Morgan fingerprint density at radius 3 is 2.12 bits per heavy atom. The molecule has 0 radical (unpaired) electrons. The molecule has 0 aromatic heterocycles. The number of nitrogens with one attached hydrogen (secondary N) is 3. The molecule has 18 heteroatoms. The molecule has 6 atom stereocenters. The minimum atomic E-state index is -1.64. The van der Waals surface area contributed by atoms with E-state index in [-0.39, 0.29) is 49.8 Å². The molecule has 0 spiro atoms. The molecular formula is C31H47N9O9. The van der Waals surface area contributed by atoms with Crippen LogP contribution in [0.5, 0.6) is 5.75 Å². The van der Waals surface area contributed by atoms with Gasteiger partial charge in [0.05, 0.1) is 19.0 Å². The van der Waals surface area contributed by atoms with E-state index in [0.717, 1.165) is 0 Å². The highest BCUT2D eigenvalue weighted by atomic mass is 16.4. The number of benzene rings is 1. The number of phenolic OH excluding ortho intramolecular Hbond substituents is 1. The Hall–Kier alpha value is -5.26. The molecule has 1 unspecified atom stereocenters. The fourth-order valence-corrected chi connectivity index (χ4v) is 5.30. The molecule has 0 saturated carbocycles. The topological polar surface area (TPSA) is 316 Å². The largest absolute Gasteiger partial charge is 0.508 e. The highest BCUT2D eigenvalue weighted by Crippen LogP contribution is 2.21. The number of carbonyl (C=O) groups is 7. The van der Waals surface area contributed by atoms with Crippen LogP contribution in [0.1, 0.15) is 52.0 Å². The lowest BCUT2D eigenvalue weighted by molar-refractivity contribution is -0.143. The molecular weight excluding hydrogens is 642 g/mol. The van der Waals surface area contributed by atoms with Gasteiger partial charge in [0.25, 0.3) is 0 Å². The van der Waals surface area contributed by atoms with Gasteiger partial charge in [-0.05, 0) is 49.8 Å². The summed E-state index contributed by atoms with van der Waals surface area (Å²) in [5.41, 5.74) is 22.9. The Morgan fingerprint density at radius 2 is 1.59 bits per heavy atom. The van der Waals surface area contributed by atoms with Crippen molar-refractivity contribution >= 4 is 47.2 Å². The van der Waals surface area contributed by atoms with Crippen molar-refractivity contribution in [3.8, 4) is 5.75 Å². The number of amides is 5. The first kappa shape index (κ1) is 39.9. The number of ketones is 1. The molecule has 5 amide bonds. The summed E-state index contributed by atoms with van der Waals surface area (Å²) in [5, 5.41) is 26.4. The number of carboxylic acid groups (broad SMARTS) is 1. The smallest absolute Gasteiger partial charge is 0.305 e. The number of primary amides is 1. The van der Waals surface area contributed by atoms with E-state index in [1.165, 1.54) is 24.0 Å². The number of phenols is 1. The number of aliphatic carboxylic acids is 1. The van der Waals surface area contributed by atoms with Gasteiger partial charge in [-0.15, -0.1) is 0 Å². The second-order valence-corrected chi connectivity index (χ2v) is 12.3. The summed E-state index contributed by atoms with van der Waals surface area (Å²) in [5.74, 6) is -7.31. The lowest BCUT2D eigenvalue weighted by atomic mass is 9.95. The van der Waals surface area contributed by atoms with Crippen LogP contribution in [-0.2, 0) is 40.0 Å². The van der Waals surface area contributed by atoms with E-state index < -0.39 is 84.0 Å². The molecule has 1 fully saturated rings. The van der Waals surface area contributed by atoms with Crippen molar-refractivity contribution in [2.75, 3.05) is 13.1 Å². The fraction of sp³-hybridized carbons (Fsp3) is 0.548. The molecule has 1 heterocycles. The maximum absolute atomic E-state index is 13.4. The molecule has 0 bridgehead atoms. The van der Waals surface area contributed by atoms with Crippen LogP contribution in [0, 0.1) is 11.8 Å². The second kappa shape index (κ2) is 18.3.